The number of nitrogens with zero attached hydrogens (tertiary/aromatic N) is 1. The number of hydrogen-bond acceptors (Lipinski definition) is 3. The lowest BCUT2D eigenvalue weighted by atomic mass is 9.96. The quantitative estimate of drug-likeness (QED) is 0.336. The van der Waals surface area contributed by atoms with E-state index < -0.39 is 28.6 Å². The maximum atomic E-state index is 13.5. The fraction of sp³-hybridized carbons (Fsp3) is 0.333. The molecule has 19 heavy (non-hydrogen) atoms. The first-order valence-corrected chi connectivity index (χ1v) is 5.60. The fourth-order valence-electron chi connectivity index (χ4n) is 1.44. The lowest BCUT2D eigenvalue weighted by molar-refractivity contribution is 0.0919. The Morgan fingerprint density at radius 1 is 1.53 bits per heavy atom. The summed E-state index contributed by atoms with van der Waals surface area (Å²) in [5.74, 6) is -3.42. The molecule has 1 aromatic rings. The van der Waals surface area contributed by atoms with Gasteiger partial charge in [0.2, 0.25) is 0 Å². The van der Waals surface area contributed by atoms with Crippen molar-refractivity contribution in [1.82, 2.24) is 5.32 Å². The van der Waals surface area contributed by atoms with Gasteiger partial charge in [0.15, 0.2) is 17.5 Å². The lowest BCUT2D eigenvalue weighted by Gasteiger charge is -2.28. The predicted octanol–water partition coefficient (Wildman–Crippen LogP) is 1.61. The van der Waals surface area contributed by atoms with Crippen LogP contribution >= 0.6 is 0 Å². The maximum absolute atomic E-state index is 13.5. The Bertz CT molecular complexity index is 520. The Balaban J connectivity index is 3.05. The largest absolute Gasteiger partial charge is 0.409 e. The second kappa shape index (κ2) is 5.64. The summed E-state index contributed by atoms with van der Waals surface area (Å²) in [5.41, 5.74) is 3.89. The summed E-state index contributed by atoms with van der Waals surface area (Å²) in [6.07, 6.45) is 0.311. The first-order valence-electron chi connectivity index (χ1n) is 5.60. The first-order chi connectivity index (χ1) is 8.85. The summed E-state index contributed by atoms with van der Waals surface area (Å²) in [6, 6.07) is 3.28. The van der Waals surface area contributed by atoms with Crippen molar-refractivity contribution in [3.8, 4) is 0 Å². The zero-order valence-corrected chi connectivity index (χ0v) is 10.6. The maximum Gasteiger partial charge on any atom is 0.255 e. The van der Waals surface area contributed by atoms with E-state index in [1.54, 1.807) is 6.92 Å². The molecule has 0 saturated heterocycles. The van der Waals surface area contributed by atoms with Crippen molar-refractivity contribution in [3.05, 3.63) is 35.4 Å². The van der Waals surface area contributed by atoms with Gasteiger partial charge >= 0.3 is 0 Å². The third-order valence-corrected chi connectivity index (χ3v) is 2.97. The first kappa shape index (κ1) is 14.9. The number of oxime groups is 1. The van der Waals surface area contributed by atoms with Crippen molar-refractivity contribution < 1.29 is 18.8 Å². The molecule has 0 radical (unpaired) electrons. The van der Waals surface area contributed by atoms with Gasteiger partial charge in [-0.15, -0.1) is 0 Å². The molecule has 1 amide bonds. The monoisotopic (exact) mass is 271 g/mol. The lowest BCUT2D eigenvalue weighted by Crippen LogP contribution is -2.55. The minimum absolute atomic E-state index is 0.222. The smallest absolute Gasteiger partial charge is 0.255 e. The van der Waals surface area contributed by atoms with Gasteiger partial charge in [0.05, 0.1) is 11.1 Å². The van der Waals surface area contributed by atoms with Crippen LogP contribution in [-0.2, 0) is 0 Å². The van der Waals surface area contributed by atoms with E-state index in [2.05, 4.69) is 10.5 Å². The highest BCUT2D eigenvalue weighted by Gasteiger charge is 2.31. The molecule has 0 aliphatic carbocycles. The van der Waals surface area contributed by atoms with Crippen molar-refractivity contribution in [3.63, 3.8) is 0 Å². The van der Waals surface area contributed by atoms with Gasteiger partial charge in [0.1, 0.15) is 0 Å². The molecule has 0 bridgehead atoms. The van der Waals surface area contributed by atoms with Gasteiger partial charge < -0.3 is 16.3 Å². The molecule has 4 N–H and O–H groups in total. The molecule has 0 heterocycles. The standard InChI is InChI=1S/C12H15F2N3O2/c1-3-12(2,11(15)17-19)16-10(18)7-5-4-6-8(13)9(7)14/h4-6,19H,3H2,1-2H3,(H2,15,17)(H,16,18). The molecule has 1 atom stereocenters. The highest BCUT2D eigenvalue weighted by molar-refractivity contribution is 6.00. The number of amidine groups is 1. The molecule has 7 heteroatoms. The molecule has 104 valence electrons. The third-order valence-electron chi connectivity index (χ3n) is 2.97. The molecule has 1 unspecified atom stereocenters. The van der Waals surface area contributed by atoms with Crippen molar-refractivity contribution in [2.24, 2.45) is 10.9 Å². The average molecular weight is 271 g/mol. The number of benzene rings is 1. The van der Waals surface area contributed by atoms with Gasteiger partial charge in [0, 0.05) is 0 Å². The van der Waals surface area contributed by atoms with Crippen LogP contribution in [0.15, 0.2) is 23.4 Å². The van der Waals surface area contributed by atoms with Crippen LogP contribution in [0.4, 0.5) is 8.78 Å². The van der Waals surface area contributed by atoms with Gasteiger partial charge in [-0.25, -0.2) is 8.78 Å². The number of amides is 1. The van der Waals surface area contributed by atoms with Crippen molar-refractivity contribution in [1.29, 1.82) is 0 Å². The summed E-state index contributed by atoms with van der Waals surface area (Å²) in [4.78, 5) is 11.9. The van der Waals surface area contributed by atoms with E-state index in [-0.39, 0.29) is 5.84 Å². The summed E-state index contributed by atoms with van der Waals surface area (Å²) < 4.78 is 26.5. The van der Waals surface area contributed by atoms with Gasteiger partial charge in [-0.05, 0) is 25.5 Å². The normalized spacial score (nSPS) is 14.8. The van der Waals surface area contributed by atoms with E-state index in [1.807, 2.05) is 0 Å². The third kappa shape index (κ3) is 2.98. The Labute approximate surface area is 109 Å². The van der Waals surface area contributed by atoms with Gasteiger partial charge in [-0.3, -0.25) is 4.79 Å². The van der Waals surface area contributed by atoms with Crippen molar-refractivity contribution >= 4 is 11.7 Å². The zero-order valence-electron chi connectivity index (χ0n) is 10.6. The molecule has 5 nitrogen and oxygen atoms in total. The molecule has 0 spiro atoms. The second-order valence-corrected chi connectivity index (χ2v) is 4.23. The van der Waals surface area contributed by atoms with Gasteiger partial charge in [-0.1, -0.05) is 18.1 Å². The molecular formula is C12H15F2N3O2. The topological polar surface area (TPSA) is 87.7 Å². The van der Waals surface area contributed by atoms with E-state index in [9.17, 15) is 13.6 Å². The zero-order chi connectivity index (χ0) is 14.6. The Hall–Kier alpha value is -2.18. The summed E-state index contributed by atoms with van der Waals surface area (Å²) in [5, 5.41) is 13.9. The highest BCUT2D eigenvalue weighted by atomic mass is 19.2. The van der Waals surface area contributed by atoms with Crippen LogP contribution < -0.4 is 11.1 Å². The Morgan fingerprint density at radius 2 is 2.16 bits per heavy atom. The predicted molar refractivity (Wildman–Crippen MR) is 65.9 cm³/mol. The number of nitrogens with two attached hydrogens (primary N) is 1. The van der Waals surface area contributed by atoms with Crippen LogP contribution in [0.1, 0.15) is 30.6 Å². The summed E-state index contributed by atoms with van der Waals surface area (Å²) in [6.45, 7) is 3.21. The van der Waals surface area contributed by atoms with E-state index in [4.69, 9.17) is 10.9 Å². The van der Waals surface area contributed by atoms with E-state index in [0.29, 0.717) is 6.42 Å². The minimum Gasteiger partial charge on any atom is -0.409 e. The Kier molecular flexibility index (Phi) is 4.42. The minimum atomic E-state index is -1.24. The van der Waals surface area contributed by atoms with E-state index in [0.717, 1.165) is 12.1 Å². The molecule has 1 aromatic carbocycles. The second-order valence-electron chi connectivity index (χ2n) is 4.23. The molecule has 0 saturated carbocycles. The summed E-state index contributed by atoms with van der Waals surface area (Å²) in [7, 11) is 0. The van der Waals surface area contributed by atoms with Crippen LogP contribution in [0.3, 0.4) is 0 Å². The van der Waals surface area contributed by atoms with E-state index >= 15 is 0 Å². The Morgan fingerprint density at radius 3 is 2.68 bits per heavy atom. The molecular weight excluding hydrogens is 256 g/mol. The summed E-state index contributed by atoms with van der Waals surface area (Å²) >= 11 is 0. The average Bonchev–Trinajstić information content (AvgIpc) is 2.40. The van der Waals surface area contributed by atoms with Crippen LogP contribution in [0, 0.1) is 11.6 Å². The SMILES string of the molecule is CCC(C)(NC(=O)c1cccc(F)c1F)/C(N)=N/O. The number of carbonyl (C=O) groups excluding carboxylic acids is 1. The van der Waals surface area contributed by atoms with Crippen LogP contribution in [0.5, 0.6) is 0 Å². The number of halogens is 2. The number of rotatable bonds is 4. The van der Waals surface area contributed by atoms with E-state index in [1.165, 1.54) is 13.0 Å². The number of carbonyl (C=O) groups is 1. The highest BCUT2D eigenvalue weighted by Crippen LogP contribution is 2.15. The van der Waals surface area contributed by atoms with Crippen molar-refractivity contribution in [2.75, 3.05) is 0 Å². The number of nitrogens with one attached hydrogen (secondary N) is 1. The molecule has 0 aliphatic rings. The van der Waals surface area contributed by atoms with Crippen LogP contribution in [0.25, 0.3) is 0 Å². The van der Waals surface area contributed by atoms with Crippen LogP contribution in [-0.4, -0.2) is 22.5 Å². The molecule has 0 aliphatic heterocycles. The molecule has 0 fully saturated rings. The van der Waals surface area contributed by atoms with Crippen LogP contribution in [0.2, 0.25) is 0 Å². The molecule has 1 rings (SSSR count). The molecule has 0 aromatic heterocycles. The van der Waals surface area contributed by atoms with Gasteiger partial charge in [0.25, 0.3) is 5.91 Å². The fourth-order valence-corrected chi connectivity index (χ4v) is 1.44. The van der Waals surface area contributed by atoms with Gasteiger partial charge in [-0.2, -0.15) is 0 Å². The van der Waals surface area contributed by atoms with Crippen molar-refractivity contribution in [2.45, 2.75) is 25.8 Å². The number of hydrogen-bond donors (Lipinski definition) is 3.